The van der Waals surface area contributed by atoms with Crippen LogP contribution in [0.3, 0.4) is 0 Å². The second kappa shape index (κ2) is 4.47. The van der Waals surface area contributed by atoms with Gasteiger partial charge in [-0.05, 0) is 49.6 Å². The van der Waals surface area contributed by atoms with Gasteiger partial charge in [-0.15, -0.1) is 11.3 Å². The number of rotatable bonds is 2. The standard InChI is InChI=1S/C13H12N2O2S2/c1-7-3-4-10(17-7)8(2)15-12(16)11-9(5-6-19-11)14-13(15)18/h3-6,8H,1-2H3,(H,14,18). The summed E-state index contributed by atoms with van der Waals surface area (Å²) in [5.41, 5.74) is 0.717. The number of fused-ring (bicyclic) bond motifs is 1. The van der Waals surface area contributed by atoms with Crippen molar-refractivity contribution in [3.05, 3.63) is 50.2 Å². The number of furan rings is 1. The largest absolute Gasteiger partial charge is 0.464 e. The van der Waals surface area contributed by atoms with Crippen molar-refractivity contribution < 1.29 is 4.42 Å². The van der Waals surface area contributed by atoms with Gasteiger partial charge in [-0.2, -0.15) is 0 Å². The topological polar surface area (TPSA) is 50.9 Å². The average molecular weight is 292 g/mol. The van der Waals surface area contributed by atoms with Gasteiger partial charge >= 0.3 is 0 Å². The van der Waals surface area contributed by atoms with Gasteiger partial charge in [0.1, 0.15) is 16.2 Å². The van der Waals surface area contributed by atoms with Crippen molar-refractivity contribution >= 4 is 33.8 Å². The Morgan fingerprint density at radius 3 is 2.89 bits per heavy atom. The molecule has 0 saturated carbocycles. The van der Waals surface area contributed by atoms with Crippen molar-refractivity contribution in [3.8, 4) is 0 Å². The summed E-state index contributed by atoms with van der Waals surface area (Å²) in [5.74, 6) is 1.55. The molecule has 3 rings (SSSR count). The Balaban J connectivity index is 2.25. The van der Waals surface area contributed by atoms with Crippen LogP contribution in [0.15, 0.2) is 32.8 Å². The predicted octanol–water partition coefficient (Wildman–Crippen LogP) is 3.63. The van der Waals surface area contributed by atoms with Crippen LogP contribution < -0.4 is 5.56 Å². The molecule has 3 aromatic rings. The zero-order valence-electron chi connectivity index (χ0n) is 10.5. The van der Waals surface area contributed by atoms with Gasteiger partial charge in [0.25, 0.3) is 5.56 Å². The zero-order chi connectivity index (χ0) is 13.6. The lowest BCUT2D eigenvalue weighted by molar-refractivity contribution is 0.421. The molecule has 0 saturated heterocycles. The molecule has 19 heavy (non-hydrogen) atoms. The molecule has 0 aliphatic rings. The molecule has 3 heterocycles. The van der Waals surface area contributed by atoms with Crippen LogP contribution in [0, 0.1) is 11.7 Å². The normalized spacial score (nSPS) is 12.9. The van der Waals surface area contributed by atoms with Crippen LogP contribution >= 0.6 is 23.6 Å². The van der Waals surface area contributed by atoms with Crippen molar-refractivity contribution in [1.29, 1.82) is 0 Å². The number of nitrogens with zero attached hydrogens (tertiary/aromatic N) is 1. The molecular weight excluding hydrogens is 280 g/mol. The van der Waals surface area contributed by atoms with Crippen LogP contribution in [-0.2, 0) is 0 Å². The molecule has 0 aliphatic carbocycles. The summed E-state index contributed by atoms with van der Waals surface area (Å²) >= 11 is 6.70. The Hall–Kier alpha value is -1.66. The second-order valence-electron chi connectivity index (χ2n) is 4.39. The fourth-order valence-electron chi connectivity index (χ4n) is 2.11. The number of hydrogen-bond acceptors (Lipinski definition) is 4. The number of hydrogen-bond donors (Lipinski definition) is 1. The highest BCUT2D eigenvalue weighted by atomic mass is 32.1. The average Bonchev–Trinajstić information content (AvgIpc) is 2.97. The van der Waals surface area contributed by atoms with E-state index in [1.165, 1.54) is 11.3 Å². The molecule has 0 aliphatic heterocycles. The Morgan fingerprint density at radius 1 is 1.42 bits per heavy atom. The Bertz CT molecular complexity index is 853. The summed E-state index contributed by atoms with van der Waals surface area (Å²) in [5, 5.41) is 1.88. The molecule has 4 nitrogen and oxygen atoms in total. The third-order valence-electron chi connectivity index (χ3n) is 3.10. The number of aryl methyl sites for hydroxylation is 1. The minimum atomic E-state index is -0.226. The van der Waals surface area contributed by atoms with Crippen LogP contribution in [0.5, 0.6) is 0 Å². The van der Waals surface area contributed by atoms with Gasteiger partial charge in [0, 0.05) is 0 Å². The fourth-order valence-corrected chi connectivity index (χ4v) is 3.24. The minimum absolute atomic E-state index is 0.0738. The summed E-state index contributed by atoms with van der Waals surface area (Å²) in [6, 6.07) is 5.40. The smallest absolute Gasteiger partial charge is 0.272 e. The van der Waals surface area contributed by atoms with E-state index in [2.05, 4.69) is 4.98 Å². The van der Waals surface area contributed by atoms with E-state index in [0.29, 0.717) is 9.47 Å². The van der Waals surface area contributed by atoms with E-state index in [1.54, 1.807) is 4.57 Å². The molecule has 1 N–H and O–H groups in total. The second-order valence-corrected chi connectivity index (χ2v) is 5.70. The van der Waals surface area contributed by atoms with Crippen molar-refractivity contribution in [3.63, 3.8) is 0 Å². The molecule has 0 bridgehead atoms. The molecule has 0 radical (unpaired) electrons. The first-order chi connectivity index (χ1) is 9.08. The van der Waals surface area contributed by atoms with Crippen LogP contribution in [0.2, 0.25) is 0 Å². The highest BCUT2D eigenvalue weighted by Crippen LogP contribution is 2.21. The third kappa shape index (κ3) is 1.97. The van der Waals surface area contributed by atoms with Gasteiger partial charge in [-0.25, -0.2) is 0 Å². The fraction of sp³-hybridized carbons (Fsp3) is 0.231. The highest BCUT2D eigenvalue weighted by Gasteiger charge is 2.16. The predicted molar refractivity (Wildman–Crippen MR) is 78.5 cm³/mol. The third-order valence-corrected chi connectivity index (χ3v) is 4.30. The van der Waals surface area contributed by atoms with Gasteiger partial charge in [-0.3, -0.25) is 9.36 Å². The molecule has 1 unspecified atom stereocenters. The molecule has 0 fully saturated rings. The first kappa shape index (κ1) is 12.4. The summed E-state index contributed by atoms with van der Waals surface area (Å²) in [7, 11) is 0. The van der Waals surface area contributed by atoms with Crippen LogP contribution in [0.1, 0.15) is 24.5 Å². The molecule has 98 valence electrons. The van der Waals surface area contributed by atoms with Crippen LogP contribution in [-0.4, -0.2) is 9.55 Å². The van der Waals surface area contributed by atoms with E-state index in [4.69, 9.17) is 16.6 Å². The number of aromatic amines is 1. The quantitative estimate of drug-likeness (QED) is 0.734. The first-order valence-corrected chi connectivity index (χ1v) is 7.15. The van der Waals surface area contributed by atoms with E-state index in [0.717, 1.165) is 17.0 Å². The summed E-state index contributed by atoms with van der Waals surface area (Å²) < 4.78 is 8.25. The SMILES string of the molecule is Cc1ccc(C(C)n2c(=S)[nH]c3ccsc3c2=O)o1. The summed E-state index contributed by atoms with van der Waals surface area (Å²) in [6.45, 7) is 3.78. The number of aromatic nitrogens is 2. The van der Waals surface area contributed by atoms with E-state index < -0.39 is 0 Å². The number of nitrogens with one attached hydrogen (secondary N) is 1. The van der Waals surface area contributed by atoms with Gasteiger partial charge in [0.2, 0.25) is 0 Å². The van der Waals surface area contributed by atoms with Gasteiger partial charge in [-0.1, -0.05) is 0 Å². The van der Waals surface area contributed by atoms with E-state index in [1.807, 2.05) is 37.4 Å². The number of H-pyrrole nitrogens is 1. The molecule has 3 aromatic heterocycles. The van der Waals surface area contributed by atoms with Crippen molar-refractivity contribution in [1.82, 2.24) is 9.55 Å². The minimum Gasteiger partial charge on any atom is -0.464 e. The summed E-state index contributed by atoms with van der Waals surface area (Å²) in [4.78, 5) is 15.6. The molecular formula is C13H12N2O2S2. The number of thiophene rings is 1. The first-order valence-electron chi connectivity index (χ1n) is 5.86. The van der Waals surface area contributed by atoms with Crippen LogP contribution in [0.4, 0.5) is 0 Å². The lowest BCUT2D eigenvalue weighted by atomic mass is 10.2. The van der Waals surface area contributed by atoms with E-state index >= 15 is 0 Å². The molecule has 0 amide bonds. The zero-order valence-corrected chi connectivity index (χ0v) is 12.1. The maximum atomic E-state index is 12.5. The van der Waals surface area contributed by atoms with Crippen molar-refractivity contribution in [2.24, 2.45) is 0 Å². The van der Waals surface area contributed by atoms with E-state index in [9.17, 15) is 4.79 Å². The summed E-state index contributed by atoms with van der Waals surface area (Å²) in [6.07, 6.45) is 0. The molecule has 0 aromatic carbocycles. The monoisotopic (exact) mass is 292 g/mol. The van der Waals surface area contributed by atoms with Gasteiger partial charge < -0.3 is 9.40 Å². The Labute approximate surface area is 118 Å². The van der Waals surface area contributed by atoms with Crippen molar-refractivity contribution in [2.75, 3.05) is 0 Å². The Morgan fingerprint density at radius 2 is 2.21 bits per heavy atom. The van der Waals surface area contributed by atoms with Gasteiger partial charge in [0.15, 0.2) is 4.77 Å². The molecule has 1 atom stereocenters. The molecule has 6 heteroatoms. The lowest BCUT2D eigenvalue weighted by Gasteiger charge is -2.12. The van der Waals surface area contributed by atoms with Crippen LogP contribution in [0.25, 0.3) is 10.2 Å². The Kier molecular flexibility index (Phi) is 2.91. The lowest BCUT2D eigenvalue weighted by Crippen LogP contribution is -2.24. The van der Waals surface area contributed by atoms with Crippen molar-refractivity contribution in [2.45, 2.75) is 19.9 Å². The molecule has 0 spiro atoms. The maximum Gasteiger partial charge on any atom is 0.272 e. The van der Waals surface area contributed by atoms with Gasteiger partial charge in [0.05, 0.1) is 11.6 Å². The highest BCUT2D eigenvalue weighted by molar-refractivity contribution is 7.71. The maximum absolute atomic E-state index is 12.5. The van der Waals surface area contributed by atoms with E-state index in [-0.39, 0.29) is 11.6 Å².